The Morgan fingerprint density at radius 3 is 1.95 bits per heavy atom. The molecule has 0 unspecified atom stereocenters. The van der Waals surface area contributed by atoms with E-state index in [1.54, 1.807) is 6.92 Å². The summed E-state index contributed by atoms with van der Waals surface area (Å²) in [5.41, 5.74) is 10.1. The van der Waals surface area contributed by atoms with Crippen molar-refractivity contribution in [3.8, 4) is 0 Å². The molecule has 0 saturated heterocycles. The first-order valence-corrected chi connectivity index (χ1v) is 11.9. The molecule has 0 bridgehead atoms. The Morgan fingerprint density at radius 2 is 1.49 bits per heavy atom. The second-order valence-electron chi connectivity index (χ2n) is 7.72. The number of hydrogen-bond acceptors (Lipinski definition) is 7. The molecule has 7 amide bonds. The number of primary amides is 2. The highest BCUT2D eigenvalue weighted by molar-refractivity contribution is 6.13. The molecular weight excluding hydrogens is 484 g/mol. The summed E-state index contributed by atoms with van der Waals surface area (Å²) < 4.78 is 0. The number of imide groups is 1. The van der Waals surface area contributed by atoms with Crippen LogP contribution in [0.5, 0.6) is 0 Å². The number of nitrogens with two attached hydrogens (primary N) is 2. The molecule has 208 valence electrons. The molecule has 13 heteroatoms. The van der Waals surface area contributed by atoms with Gasteiger partial charge in [0.2, 0.25) is 17.7 Å². The topological polar surface area (TPSA) is 211 Å². The van der Waals surface area contributed by atoms with Crippen molar-refractivity contribution in [3.05, 3.63) is 25.3 Å². The summed E-state index contributed by atoms with van der Waals surface area (Å²) in [6, 6.07) is -2.97. The van der Waals surface area contributed by atoms with Crippen molar-refractivity contribution in [3.63, 3.8) is 0 Å². The Balaban J connectivity index is 0. The van der Waals surface area contributed by atoms with Crippen molar-refractivity contribution in [1.29, 1.82) is 0 Å². The van der Waals surface area contributed by atoms with Crippen LogP contribution in [-0.2, 0) is 28.8 Å². The van der Waals surface area contributed by atoms with Gasteiger partial charge in [0, 0.05) is 38.1 Å². The van der Waals surface area contributed by atoms with Crippen LogP contribution in [0.2, 0.25) is 0 Å². The van der Waals surface area contributed by atoms with Crippen LogP contribution in [0.3, 0.4) is 0 Å². The van der Waals surface area contributed by atoms with E-state index >= 15 is 0 Å². The highest BCUT2D eigenvalue weighted by Crippen LogP contribution is 2.06. The molecule has 0 radical (unpaired) electrons. The Bertz CT molecular complexity index is 825. The lowest BCUT2D eigenvalue weighted by molar-refractivity contribution is -0.137. The summed E-state index contributed by atoms with van der Waals surface area (Å²) in [5.74, 6) is -3.73. The van der Waals surface area contributed by atoms with Crippen molar-refractivity contribution < 1.29 is 33.6 Å². The average Bonchev–Trinajstić information content (AvgIpc) is 3.16. The van der Waals surface area contributed by atoms with E-state index in [2.05, 4.69) is 43.0 Å². The minimum absolute atomic E-state index is 0.132. The van der Waals surface area contributed by atoms with E-state index in [1.807, 2.05) is 0 Å². The minimum atomic E-state index is -1.35. The lowest BCUT2D eigenvalue weighted by Crippen LogP contribution is -2.53. The Labute approximate surface area is 217 Å². The SMILES string of the molecule is C=C.CCC.CCC(=O)[C@H](CCCNC(N)=O)NC(=O)[C@H](CC(N)=O)NC(=O)CCN1C(=O)C=CC1=O. The van der Waals surface area contributed by atoms with Gasteiger partial charge < -0.3 is 27.4 Å². The molecule has 0 spiro atoms. The van der Waals surface area contributed by atoms with E-state index in [4.69, 9.17) is 11.5 Å². The molecule has 1 aliphatic rings. The van der Waals surface area contributed by atoms with Crippen LogP contribution in [0.4, 0.5) is 4.79 Å². The molecule has 1 aliphatic heterocycles. The number of nitrogens with one attached hydrogen (secondary N) is 3. The number of ketones is 1. The van der Waals surface area contributed by atoms with Crippen molar-refractivity contribution in [2.24, 2.45) is 11.5 Å². The van der Waals surface area contributed by atoms with Crippen molar-refractivity contribution in [2.75, 3.05) is 13.1 Å². The second kappa shape index (κ2) is 20.2. The lowest BCUT2D eigenvalue weighted by atomic mass is 10.0. The molecular formula is C24H40N6O7. The van der Waals surface area contributed by atoms with E-state index in [0.29, 0.717) is 6.42 Å². The van der Waals surface area contributed by atoms with E-state index < -0.39 is 54.1 Å². The number of hydrogen-bond donors (Lipinski definition) is 5. The zero-order chi connectivity index (χ0) is 29.0. The van der Waals surface area contributed by atoms with Gasteiger partial charge in [0.1, 0.15) is 6.04 Å². The van der Waals surface area contributed by atoms with Crippen LogP contribution >= 0.6 is 0 Å². The third kappa shape index (κ3) is 15.6. The molecule has 0 aromatic heterocycles. The first-order chi connectivity index (χ1) is 17.5. The maximum atomic E-state index is 12.6. The number of Topliss-reactive ketones (excluding diaryl/α,β-unsaturated/α-hetero) is 1. The monoisotopic (exact) mass is 524 g/mol. The van der Waals surface area contributed by atoms with Gasteiger partial charge in [-0.3, -0.25) is 33.7 Å². The lowest BCUT2D eigenvalue weighted by Gasteiger charge is -2.22. The quantitative estimate of drug-likeness (QED) is 0.117. The number of carbonyl (C=O) groups is 7. The smallest absolute Gasteiger partial charge is 0.312 e. The maximum absolute atomic E-state index is 12.6. The van der Waals surface area contributed by atoms with Crippen LogP contribution in [-0.4, -0.2) is 71.4 Å². The molecule has 1 rings (SSSR count). The van der Waals surface area contributed by atoms with Crippen molar-refractivity contribution in [2.45, 2.75) is 71.4 Å². The van der Waals surface area contributed by atoms with Gasteiger partial charge in [-0.1, -0.05) is 27.2 Å². The van der Waals surface area contributed by atoms with Gasteiger partial charge in [0.25, 0.3) is 11.8 Å². The maximum Gasteiger partial charge on any atom is 0.312 e. The average molecular weight is 525 g/mol. The van der Waals surface area contributed by atoms with Gasteiger partial charge in [0.05, 0.1) is 12.5 Å². The van der Waals surface area contributed by atoms with Crippen LogP contribution in [0.15, 0.2) is 25.3 Å². The van der Waals surface area contributed by atoms with Gasteiger partial charge in [-0.25, -0.2) is 4.79 Å². The Kier molecular flexibility index (Phi) is 19.2. The van der Waals surface area contributed by atoms with Crippen molar-refractivity contribution in [1.82, 2.24) is 20.9 Å². The predicted octanol–water partition coefficient (Wildman–Crippen LogP) is -0.207. The third-order valence-corrected chi connectivity index (χ3v) is 4.54. The normalized spacial score (nSPS) is 13.2. The summed E-state index contributed by atoms with van der Waals surface area (Å²) >= 11 is 0. The molecule has 0 fully saturated rings. The molecule has 0 saturated carbocycles. The van der Waals surface area contributed by atoms with Gasteiger partial charge in [-0.2, -0.15) is 0 Å². The second-order valence-corrected chi connectivity index (χ2v) is 7.72. The standard InChI is InChI=1S/C19H28N6O7.C3H8.C2H4/c1-2-13(26)11(4-3-8-22-19(21)32)24-18(31)12(10-14(20)27)23-15(28)7-9-25-16(29)5-6-17(25)30;1-3-2;1-2/h5-6,11-12H,2-4,7-10H2,1H3,(H2,20,27)(H,23,28)(H,24,31)(H3,21,22,32);3H2,1-2H3;1-2H2/t11-,12-;;/m0../s1. The van der Waals surface area contributed by atoms with Crippen LogP contribution in [0.25, 0.3) is 0 Å². The first kappa shape index (κ1) is 35.1. The zero-order valence-corrected chi connectivity index (χ0v) is 21.8. The van der Waals surface area contributed by atoms with Crippen molar-refractivity contribution >= 4 is 41.4 Å². The highest BCUT2D eigenvalue weighted by atomic mass is 16.2. The molecule has 7 N–H and O–H groups in total. The summed E-state index contributed by atoms with van der Waals surface area (Å²) in [4.78, 5) is 83.1. The van der Waals surface area contributed by atoms with E-state index in [9.17, 15) is 33.6 Å². The number of urea groups is 1. The van der Waals surface area contributed by atoms with E-state index in [-0.39, 0.29) is 38.1 Å². The molecule has 0 aromatic rings. The fraction of sp³-hybridized carbons (Fsp3) is 0.542. The molecule has 0 aliphatic carbocycles. The van der Waals surface area contributed by atoms with E-state index in [0.717, 1.165) is 17.1 Å². The fourth-order valence-corrected chi connectivity index (χ4v) is 2.89. The summed E-state index contributed by atoms with van der Waals surface area (Å²) in [7, 11) is 0. The summed E-state index contributed by atoms with van der Waals surface area (Å²) in [6.45, 7) is 11.9. The van der Waals surface area contributed by atoms with Gasteiger partial charge in [-0.15, -0.1) is 13.2 Å². The van der Waals surface area contributed by atoms with Gasteiger partial charge >= 0.3 is 6.03 Å². The Morgan fingerprint density at radius 1 is 0.946 bits per heavy atom. The molecule has 37 heavy (non-hydrogen) atoms. The number of nitrogens with zero attached hydrogens (tertiary/aromatic N) is 1. The van der Waals surface area contributed by atoms with Crippen LogP contribution in [0, 0.1) is 0 Å². The molecule has 13 nitrogen and oxygen atoms in total. The molecule has 0 aromatic carbocycles. The van der Waals surface area contributed by atoms with E-state index in [1.165, 1.54) is 6.42 Å². The summed E-state index contributed by atoms with van der Waals surface area (Å²) in [6.07, 6.45) is 3.27. The molecule has 2 atom stereocenters. The zero-order valence-electron chi connectivity index (χ0n) is 21.8. The number of carbonyl (C=O) groups excluding carboxylic acids is 7. The minimum Gasteiger partial charge on any atom is -0.370 e. The van der Waals surface area contributed by atoms with Crippen LogP contribution < -0.4 is 27.4 Å². The predicted molar refractivity (Wildman–Crippen MR) is 137 cm³/mol. The Hall–Kier alpha value is -4.03. The number of amides is 7. The third-order valence-electron chi connectivity index (χ3n) is 4.54. The number of rotatable bonds is 14. The first-order valence-electron chi connectivity index (χ1n) is 11.9. The fourth-order valence-electron chi connectivity index (χ4n) is 2.89. The van der Waals surface area contributed by atoms with Gasteiger partial charge in [-0.05, 0) is 12.8 Å². The van der Waals surface area contributed by atoms with Gasteiger partial charge in [0.15, 0.2) is 5.78 Å². The largest absolute Gasteiger partial charge is 0.370 e. The highest BCUT2D eigenvalue weighted by Gasteiger charge is 2.28. The molecule has 1 heterocycles. The van der Waals surface area contributed by atoms with Crippen LogP contribution in [0.1, 0.15) is 59.3 Å². The summed E-state index contributed by atoms with van der Waals surface area (Å²) in [5, 5.41) is 7.20.